The van der Waals surface area contributed by atoms with E-state index >= 15 is 0 Å². The molecule has 4 aromatic carbocycles. The number of nitrogens with one attached hydrogen (secondary N) is 1. The lowest BCUT2D eigenvalue weighted by atomic mass is 9.99. The summed E-state index contributed by atoms with van der Waals surface area (Å²) in [6, 6.07) is 28.2. The number of fused-ring (bicyclic) bond motifs is 2. The zero-order valence-corrected chi connectivity index (χ0v) is 28.5. The molecule has 3 heterocycles. The topological polar surface area (TPSA) is 119 Å². The minimum absolute atomic E-state index is 0.0196. The maximum atomic E-state index is 14.4. The molecule has 0 saturated carbocycles. The molecule has 7 rings (SSSR count). The van der Waals surface area contributed by atoms with Gasteiger partial charge in [0.1, 0.15) is 23.6 Å². The van der Waals surface area contributed by atoms with Crippen molar-refractivity contribution in [2.75, 3.05) is 5.32 Å². The third-order valence-electron chi connectivity index (χ3n) is 8.19. The number of hydrogen-bond acceptors (Lipinski definition) is 8. The van der Waals surface area contributed by atoms with E-state index in [1.807, 2.05) is 60.7 Å². The minimum Gasteiger partial charge on any atom is -0.478 e. The maximum absolute atomic E-state index is 14.4. The van der Waals surface area contributed by atoms with E-state index in [1.54, 1.807) is 31.3 Å². The molecule has 1 aliphatic rings. The number of rotatable bonds is 10. The van der Waals surface area contributed by atoms with Gasteiger partial charge in [-0.05, 0) is 52.3 Å². The molecule has 0 spiro atoms. The van der Waals surface area contributed by atoms with Crippen molar-refractivity contribution in [2.45, 2.75) is 30.3 Å². The summed E-state index contributed by atoms with van der Waals surface area (Å²) in [6.45, 7) is 1.42. The van der Waals surface area contributed by atoms with E-state index in [-0.39, 0.29) is 45.8 Å². The van der Waals surface area contributed by atoms with Crippen molar-refractivity contribution in [1.82, 2.24) is 9.88 Å². The van der Waals surface area contributed by atoms with Gasteiger partial charge >= 0.3 is 21.2 Å². The van der Waals surface area contributed by atoms with Gasteiger partial charge in [0, 0.05) is 30.6 Å². The molecule has 0 aliphatic carbocycles. The molecule has 2 aromatic heterocycles. The highest BCUT2D eigenvalue weighted by Gasteiger charge is 2.39. The molecule has 0 saturated heterocycles. The number of thiazole rings is 1. The van der Waals surface area contributed by atoms with Gasteiger partial charge in [-0.25, -0.2) is 19.1 Å². The second-order valence-corrected chi connectivity index (χ2v) is 14.5. The van der Waals surface area contributed by atoms with Crippen molar-refractivity contribution in [3.8, 4) is 11.5 Å². The monoisotopic (exact) mass is 709 g/mol. The minimum atomic E-state index is -4.48. The highest BCUT2D eigenvalue weighted by Crippen LogP contribution is 2.47. The molecule has 0 unspecified atom stereocenters. The number of aryl methyl sites for hydroxylation is 1. The predicted molar refractivity (Wildman–Crippen MR) is 185 cm³/mol. The molecule has 0 fully saturated rings. The molecule has 1 aliphatic heterocycles. The number of nitrogens with zero attached hydrogens (tertiary/aromatic N) is 3. The molecule has 10 nitrogen and oxygen atoms in total. The van der Waals surface area contributed by atoms with E-state index in [9.17, 15) is 22.4 Å². The van der Waals surface area contributed by atoms with Crippen LogP contribution in [0.2, 0.25) is 0 Å². The van der Waals surface area contributed by atoms with E-state index in [2.05, 4.69) is 10.3 Å². The van der Waals surface area contributed by atoms with Crippen molar-refractivity contribution in [1.29, 1.82) is 0 Å². The van der Waals surface area contributed by atoms with E-state index < -0.39 is 27.9 Å². The van der Waals surface area contributed by atoms with Crippen LogP contribution in [0.4, 0.5) is 9.52 Å². The fourth-order valence-electron chi connectivity index (χ4n) is 5.89. The summed E-state index contributed by atoms with van der Waals surface area (Å²) < 4.78 is 55.6. The zero-order chi connectivity index (χ0) is 35.0. The van der Waals surface area contributed by atoms with Crippen LogP contribution in [-0.2, 0) is 35.0 Å². The molecule has 0 bridgehead atoms. The highest BCUT2D eigenvalue weighted by atomic mass is 32.3. The van der Waals surface area contributed by atoms with Gasteiger partial charge in [-0.1, -0.05) is 72.8 Å². The predicted octanol–water partition coefficient (Wildman–Crippen LogP) is 6.31. The summed E-state index contributed by atoms with van der Waals surface area (Å²) in [5.74, 6) is -1.07. The average molecular weight is 710 g/mol. The smallest absolute Gasteiger partial charge is 0.352 e. The first-order valence-corrected chi connectivity index (χ1v) is 17.8. The van der Waals surface area contributed by atoms with E-state index in [0.29, 0.717) is 21.6 Å². The van der Waals surface area contributed by atoms with E-state index in [1.165, 1.54) is 40.9 Å². The van der Waals surface area contributed by atoms with Crippen molar-refractivity contribution >= 4 is 49.3 Å². The van der Waals surface area contributed by atoms with Crippen LogP contribution in [0.15, 0.2) is 114 Å². The third-order valence-corrected chi connectivity index (χ3v) is 10.9. The van der Waals surface area contributed by atoms with Gasteiger partial charge in [-0.15, -0.1) is 0 Å². The van der Waals surface area contributed by atoms with Crippen LogP contribution in [0, 0.1) is 5.82 Å². The molecule has 6 aromatic rings. The highest BCUT2D eigenvalue weighted by molar-refractivity contribution is 7.89. The zero-order valence-electron chi connectivity index (χ0n) is 26.9. The molecule has 0 atom stereocenters. The van der Waals surface area contributed by atoms with Gasteiger partial charge in [-0.2, -0.15) is 8.42 Å². The van der Waals surface area contributed by atoms with E-state index in [0.717, 1.165) is 22.5 Å². The first kappa shape index (κ1) is 32.9. The fourth-order valence-corrected chi connectivity index (χ4v) is 8.21. The lowest BCUT2D eigenvalue weighted by Gasteiger charge is -2.23. The first-order chi connectivity index (χ1) is 24.1. The van der Waals surface area contributed by atoms with Crippen LogP contribution < -0.4 is 18.8 Å². The van der Waals surface area contributed by atoms with Gasteiger partial charge < -0.3 is 13.8 Å². The second-order valence-electron chi connectivity index (χ2n) is 11.7. The molecule has 1 N–H and O–H groups in total. The number of aromatic nitrogens is 2. The number of carbonyl (C=O) groups is 2. The number of hydrogen-bond donors (Lipinski definition) is 1. The van der Waals surface area contributed by atoms with E-state index in [4.69, 9.17) is 8.92 Å². The van der Waals surface area contributed by atoms with Crippen molar-refractivity contribution in [2.24, 2.45) is 7.05 Å². The standard InChI is InChI=1S/C37H29FN4O6S2/c1-23(43)40-37-41(2)22-30(49-37)50(45,46)48-34-28-14-9-19-39-32(28)35(47-33(25-10-5-3-6-11-25)26-12-7-4-8-13-26)31-29(34)21-42(36(31)44)20-24-15-17-27(38)18-16-24/h3-19,22,33H,20-21H2,1-2H3/p+1. The Labute approximate surface area is 291 Å². The Morgan fingerprint density at radius 2 is 1.64 bits per heavy atom. The Balaban J connectivity index is 1.40. The van der Waals surface area contributed by atoms with Crippen LogP contribution in [0.5, 0.6) is 11.5 Å². The summed E-state index contributed by atoms with van der Waals surface area (Å²) in [6.07, 6.45) is 2.23. The second kappa shape index (κ2) is 13.3. The van der Waals surface area contributed by atoms with Gasteiger partial charge in [0.15, 0.2) is 11.5 Å². The summed E-state index contributed by atoms with van der Waals surface area (Å²) in [7, 11) is -2.87. The molecule has 252 valence electrons. The quantitative estimate of drug-likeness (QED) is 0.131. The Kier molecular flexibility index (Phi) is 8.76. The van der Waals surface area contributed by atoms with Crippen molar-refractivity contribution < 1.29 is 35.9 Å². The van der Waals surface area contributed by atoms with Crippen LogP contribution in [-0.4, -0.2) is 30.1 Å². The van der Waals surface area contributed by atoms with Crippen molar-refractivity contribution in [3.63, 3.8) is 0 Å². The van der Waals surface area contributed by atoms with Crippen LogP contribution in [0.25, 0.3) is 10.9 Å². The third kappa shape index (κ3) is 6.40. The Hall–Kier alpha value is -5.66. The lowest BCUT2D eigenvalue weighted by Crippen LogP contribution is -2.30. The van der Waals surface area contributed by atoms with Gasteiger partial charge in [0.2, 0.25) is 4.21 Å². The van der Waals surface area contributed by atoms with Gasteiger partial charge in [0.25, 0.3) is 5.91 Å². The number of pyridine rings is 1. The fraction of sp³-hybridized carbons (Fsp3) is 0.135. The average Bonchev–Trinajstić information content (AvgIpc) is 3.65. The largest absolute Gasteiger partial charge is 0.478 e. The normalized spacial score (nSPS) is 12.7. The van der Waals surface area contributed by atoms with Gasteiger partial charge in [-0.3, -0.25) is 9.78 Å². The Morgan fingerprint density at radius 1 is 0.980 bits per heavy atom. The number of amides is 2. The molecule has 2 amide bonds. The molecule has 50 heavy (non-hydrogen) atoms. The molecular weight excluding hydrogens is 680 g/mol. The number of halogens is 1. The Bertz CT molecular complexity index is 2310. The first-order valence-electron chi connectivity index (χ1n) is 15.5. The molecule has 0 radical (unpaired) electrons. The summed E-state index contributed by atoms with van der Waals surface area (Å²) in [4.78, 5) is 32.3. The van der Waals surface area contributed by atoms with Crippen LogP contribution in [0.3, 0.4) is 0 Å². The molecule has 13 heteroatoms. The summed E-state index contributed by atoms with van der Waals surface area (Å²) in [5.41, 5.74) is 2.99. The van der Waals surface area contributed by atoms with Crippen LogP contribution in [0.1, 0.15) is 45.6 Å². The van der Waals surface area contributed by atoms with Crippen LogP contribution >= 0.6 is 11.3 Å². The molecular formula is C37H30FN4O6S2+. The maximum Gasteiger partial charge on any atom is 0.352 e. The summed E-state index contributed by atoms with van der Waals surface area (Å²) >= 11 is 0.833. The number of benzene rings is 4. The number of anilines is 1. The summed E-state index contributed by atoms with van der Waals surface area (Å²) in [5, 5.41) is 3.24. The number of ether oxygens (including phenoxy) is 1. The lowest BCUT2D eigenvalue weighted by molar-refractivity contribution is -0.654. The number of carbonyl (C=O) groups excluding carboxylic acids is 2. The Morgan fingerprint density at radius 3 is 2.28 bits per heavy atom. The van der Waals surface area contributed by atoms with Gasteiger partial charge in [0.05, 0.1) is 19.2 Å². The van der Waals surface area contributed by atoms with Crippen molar-refractivity contribution in [3.05, 3.63) is 143 Å². The SMILES string of the molecule is CC(=O)Nc1sc(S(=O)(=O)Oc2c3c(c(OC(c4ccccc4)c4ccccc4)c4ncccc24)C(=O)N(Cc2ccc(F)cc2)C3)c[n+]1C.